The van der Waals surface area contributed by atoms with Gasteiger partial charge in [-0.2, -0.15) is 4.31 Å². The Morgan fingerprint density at radius 3 is 2.62 bits per heavy atom. The first kappa shape index (κ1) is 21.0. The maximum atomic E-state index is 13.1. The molecule has 0 bridgehead atoms. The van der Waals surface area contributed by atoms with Crippen LogP contribution in [0.15, 0.2) is 27.6 Å². The molecule has 0 radical (unpaired) electrons. The average Bonchev–Trinajstić information content (AvgIpc) is 3.30. The summed E-state index contributed by atoms with van der Waals surface area (Å²) in [5.74, 6) is -0.790. The number of nitrogens with one attached hydrogen (secondary N) is 1. The number of carbonyl (C=O) groups excluding carboxylic acids is 2. The van der Waals surface area contributed by atoms with Gasteiger partial charge < -0.3 is 14.6 Å². The van der Waals surface area contributed by atoms with Crippen LogP contribution in [0.25, 0.3) is 0 Å². The Morgan fingerprint density at radius 1 is 1.28 bits per heavy atom. The number of nitrogens with zero attached hydrogens (tertiary/aromatic N) is 2. The van der Waals surface area contributed by atoms with Crippen molar-refractivity contribution in [2.45, 2.75) is 44.6 Å². The first-order valence-corrected chi connectivity index (χ1v) is 10.6. The summed E-state index contributed by atoms with van der Waals surface area (Å²) in [4.78, 5) is 24.7. The second-order valence-corrected chi connectivity index (χ2v) is 8.77. The topological polar surface area (TPSA) is 119 Å². The number of aryl methyl sites for hydroxylation is 3. The number of methoxy groups -OCH3 is 1. The summed E-state index contributed by atoms with van der Waals surface area (Å²) in [5.41, 5.74) is 1.72. The van der Waals surface area contributed by atoms with Crippen molar-refractivity contribution in [3.8, 4) is 0 Å². The van der Waals surface area contributed by atoms with Gasteiger partial charge in [0.25, 0.3) is 0 Å². The average molecular weight is 421 g/mol. The number of benzene rings is 1. The maximum Gasteiger partial charge on any atom is 0.337 e. The van der Waals surface area contributed by atoms with Gasteiger partial charge in [0.2, 0.25) is 15.9 Å². The van der Waals surface area contributed by atoms with Crippen LogP contribution in [-0.2, 0) is 19.6 Å². The van der Waals surface area contributed by atoms with Crippen LogP contribution in [0.5, 0.6) is 0 Å². The van der Waals surface area contributed by atoms with E-state index < -0.39 is 27.9 Å². The lowest BCUT2D eigenvalue weighted by Crippen LogP contribution is -2.43. The van der Waals surface area contributed by atoms with E-state index in [1.807, 2.05) is 0 Å². The Morgan fingerprint density at radius 2 is 2.00 bits per heavy atom. The Kier molecular flexibility index (Phi) is 5.76. The van der Waals surface area contributed by atoms with Crippen molar-refractivity contribution >= 4 is 27.6 Å². The van der Waals surface area contributed by atoms with Crippen LogP contribution in [0.3, 0.4) is 0 Å². The van der Waals surface area contributed by atoms with Crippen molar-refractivity contribution < 1.29 is 27.3 Å². The van der Waals surface area contributed by atoms with Crippen LogP contribution < -0.4 is 5.32 Å². The molecule has 156 valence electrons. The molecule has 10 heteroatoms. The number of hydrogen-bond acceptors (Lipinski definition) is 7. The van der Waals surface area contributed by atoms with Crippen molar-refractivity contribution in [2.75, 3.05) is 19.0 Å². The summed E-state index contributed by atoms with van der Waals surface area (Å²) in [5, 5.41) is 6.47. The molecule has 1 aliphatic heterocycles. The standard InChI is InChI=1S/C19H23N3O6S/c1-11-7-8-14(19(24)27-4)10-15(11)20-18(23)16-6-5-9-22(16)29(25,26)17-12(2)21-28-13(17)3/h7-8,10,16H,5-6,9H2,1-4H3,(H,20,23)/t16-/m0/s1. The second-order valence-electron chi connectivity index (χ2n) is 6.94. The molecule has 29 heavy (non-hydrogen) atoms. The molecule has 1 N–H and O–H groups in total. The van der Waals surface area contributed by atoms with Crippen LogP contribution in [-0.4, -0.2) is 49.5 Å². The van der Waals surface area contributed by atoms with E-state index in [0.29, 0.717) is 24.1 Å². The molecule has 0 saturated carbocycles. The summed E-state index contributed by atoms with van der Waals surface area (Å²) in [7, 11) is -2.66. The number of sulfonamides is 1. The fraction of sp³-hybridized carbons (Fsp3) is 0.421. The number of esters is 1. The monoisotopic (exact) mass is 421 g/mol. The van der Waals surface area contributed by atoms with Gasteiger partial charge in [-0.15, -0.1) is 0 Å². The summed E-state index contributed by atoms with van der Waals surface area (Å²) in [6.45, 7) is 5.09. The lowest BCUT2D eigenvalue weighted by molar-refractivity contribution is -0.119. The van der Waals surface area contributed by atoms with Crippen molar-refractivity contribution in [2.24, 2.45) is 0 Å². The van der Waals surface area contributed by atoms with E-state index in [0.717, 1.165) is 5.56 Å². The molecule has 1 aromatic carbocycles. The number of hydrogen-bond donors (Lipinski definition) is 1. The van der Waals surface area contributed by atoms with E-state index in [2.05, 4.69) is 10.5 Å². The summed E-state index contributed by atoms with van der Waals surface area (Å²) >= 11 is 0. The molecular weight excluding hydrogens is 398 g/mol. The van der Waals surface area contributed by atoms with E-state index >= 15 is 0 Å². The van der Waals surface area contributed by atoms with E-state index in [1.54, 1.807) is 26.0 Å². The molecule has 0 aliphatic carbocycles. The number of rotatable bonds is 5. The zero-order valence-corrected chi connectivity index (χ0v) is 17.5. The summed E-state index contributed by atoms with van der Waals surface area (Å²) < 4.78 is 37.2. The minimum Gasteiger partial charge on any atom is -0.465 e. The number of ether oxygens (including phenoxy) is 1. The van der Waals surface area contributed by atoms with Crippen molar-refractivity contribution in [3.63, 3.8) is 0 Å². The van der Waals surface area contributed by atoms with E-state index in [4.69, 9.17) is 9.26 Å². The van der Waals surface area contributed by atoms with Gasteiger partial charge in [0.15, 0.2) is 5.76 Å². The van der Waals surface area contributed by atoms with Gasteiger partial charge in [-0.1, -0.05) is 11.2 Å². The molecule has 1 amide bonds. The number of carbonyl (C=O) groups is 2. The summed E-state index contributed by atoms with van der Waals surface area (Å²) in [6, 6.07) is 3.94. The molecule has 2 aromatic rings. The van der Waals surface area contributed by atoms with Gasteiger partial charge in [-0.25, -0.2) is 13.2 Å². The van der Waals surface area contributed by atoms with Crippen molar-refractivity contribution in [3.05, 3.63) is 40.8 Å². The highest BCUT2D eigenvalue weighted by molar-refractivity contribution is 7.89. The molecule has 1 atom stereocenters. The van der Waals surface area contributed by atoms with Crippen LogP contribution in [0, 0.1) is 20.8 Å². The molecule has 1 aromatic heterocycles. The molecular formula is C19H23N3O6S. The molecule has 3 rings (SSSR count). The number of amides is 1. The quantitative estimate of drug-likeness (QED) is 0.735. The lowest BCUT2D eigenvalue weighted by Gasteiger charge is -2.23. The van der Waals surface area contributed by atoms with Gasteiger partial charge in [0.05, 0.1) is 12.7 Å². The third-order valence-corrected chi connectivity index (χ3v) is 7.11. The molecule has 1 aliphatic rings. The van der Waals surface area contributed by atoms with Gasteiger partial charge in [0.1, 0.15) is 16.6 Å². The van der Waals surface area contributed by atoms with Crippen molar-refractivity contribution in [1.29, 1.82) is 0 Å². The van der Waals surface area contributed by atoms with Crippen LogP contribution in [0.4, 0.5) is 5.69 Å². The third-order valence-electron chi connectivity index (χ3n) is 4.96. The maximum absolute atomic E-state index is 13.1. The normalized spacial score (nSPS) is 17.3. The Bertz CT molecular complexity index is 1040. The predicted molar refractivity (Wildman–Crippen MR) is 104 cm³/mol. The third kappa shape index (κ3) is 3.90. The fourth-order valence-corrected chi connectivity index (χ4v) is 5.42. The van der Waals surface area contributed by atoms with Crippen LogP contribution in [0.2, 0.25) is 0 Å². The molecule has 9 nitrogen and oxygen atoms in total. The van der Waals surface area contributed by atoms with E-state index in [1.165, 1.54) is 24.4 Å². The highest BCUT2D eigenvalue weighted by atomic mass is 32.2. The van der Waals surface area contributed by atoms with Crippen LogP contribution >= 0.6 is 0 Å². The van der Waals surface area contributed by atoms with Gasteiger partial charge in [0, 0.05) is 12.2 Å². The summed E-state index contributed by atoms with van der Waals surface area (Å²) in [6.07, 6.45) is 0.950. The molecule has 0 spiro atoms. The fourth-order valence-electron chi connectivity index (χ4n) is 3.47. The van der Waals surface area contributed by atoms with Crippen molar-refractivity contribution in [1.82, 2.24) is 9.46 Å². The predicted octanol–water partition coefficient (Wildman–Crippen LogP) is 2.18. The zero-order valence-electron chi connectivity index (χ0n) is 16.7. The van der Waals surface area contributed by atoms with E-state index in [-0.39, 0.29) is 22.9 Å². The number of anilines is 1. The minimum absolute atomic E-state index is 0.000990. The minimum atomic E-state index is -3.94. The SMILES string of the molecule is COC(=O)c1ccc(C)c(NC(=O)[C@@H]2CCCN2S(=O)(=O)c2c(C)noc2C)c1. The van der Waals surface area contributed by atoms with E-state index in [9.17, 15) is 18.0 Å². The first-order chi connectivity index (χ1) is 13.7. The number of aromatic nitrogens is 1. The molecule has 0 unspecified atom stereocenters. The largest absolute Gasteiger partial charge is 0.465 e. The van der Waals surface area contributed by atoms with Gasteiger partial charge >= 0.3 is 5.97 Å². The molecule has 1 saturated heterocycles. The molecule has 1 fully saturated rings. The molecule has 2 heterocycles. The van der Waals surface area contributed by atoms with Gasteiger partial charge in [-0.05, 0) is 51.3 Å². The first-order valence-electron chi connectivity index (χ1n) is 9.11. The Hall–Kier alpha value is -2.72. The second kappa shape index (κ2) is 7.96. The Labute approximate surface area is 169 Å². The van der Waals surface area contributed by atoms with Gasteiger partial charge in [-0.3, -0.25) is 4.79 Å². The Balaban J connectivity index is 1.87. The highest BCUT2D eigenvalue weighted by Crippen LogP contribution is 2.30. The lowest BCUT2D eigenvalue weighted by atomic mass is 10.1. The van der Waals surface area contributed by atoms with Crippen LogP contribution in [0.1, 0.15) is 40.2 Å². The highest BCUT2D eigenvalue weighted by Gasteiger charge is 2.42. The zero-order chi connectivity index (χ0) is 21.3. The smallest absolute Gasteiger partial charge is 0.337 e.